The highest BCUT2D eigenvalue weighted by atomic mass is 14.9. The maximum atomic E-state index is 3.65. The fraction of sp³-hybridized carbons (Fsp3) is 0.667. The van der Waals surface area contributed by atoms with E-state index in [-0.39, 0.29) is 0 Å². The molecule has 1 aromatic rings. The molecule has 3 fully saturated rings. The van der Waals surface area contributed by atoms with Gasteiger partial charge in [-0.2, -0.15) is 0 Å². The number of hydrogen-bond acceptors (Lipinski definition) is 1. The van der Waals surface area contributed by atoms with E-state index in [2.05, 4.69) is 44.4 Å². The Kier molecular flexibility index (Phi) is 2.57. The van der Waals surface area contributed by atoms with Crippen LogP contribution in [0.3, 0.4) is 0 Å². The Balaban J connectivity index is 1.65. The van der Waals surface area contributed by atoms with Crippen LogP contribution in [-0.2, 0) is 0 Å². The van der Waals surface area contributed by atoms with Crippen molar-refractivity contribution in [3.63, 3.8) is 0 Å². The van der Waals surface area contributed by atoms with Gasteiger partial charge >= 0.3 is 0 Å². The highest BCUT2D eigenvalue weighted by molar-refractivity contribution is 5.37. The fourth-order valence-electron chi connectivity index (χ4n) is 5.50. The van der Waals surface area contributed by atoms with Crippen LogP contribution < -0.4 is 5.32 Å². The van der Waals surface area contributed by atoms with Crippen LogP contribution in [0.5, 0.6) is 0 Å². The molecule has 0 aliphatic heterocycles. The van der Waals surface area contributed by atoms with Crippen molar-refractivity contribution in [1.29, 1.82) is 0 Å². The molecule has 3 aliphatic rings. The summed E-state index contributed by atoms with van der Waals surface area (Å²) < 4.78 is 0. The van der Waals surface area contributed by atoms with E-state index in [1.165, 1.54) is 24.0 Å². The fourth-order valence-corrected chi connectivity index (χ4v) is 5.50. The van der Waals surface area contributed by atoms with Crippen LogP contribution in [0.4, 0.5) is 0 Å². The molecule has 102 valence electrons. The zero-order valence-corrected chi connectivity index (χ0v) is 12.3. The van der Waals surface area contributed by atoms with Crippen LogP contribution in [-0.4, -0.2) is 7.05 Å². The minimum atomic E-state index is 0.596. The summed E-state index contributed by atoms with van der Waals surface area (Å²) in [6.07, 6.45) is 4.59. The van der Waals surface area contributed by atoms with E-state index in [9.17, 15) is 0 Å². The molecule has 1 aromatic carbocycles. The molecule has 1 heteroatoms. The van der Waals surface area contributed by atoms with Crippen molar-refractivity contribution in [2.24, 2.45) is 29.6 Å². The first kappa shape index (κ1) is 12.0. The van der Waals surface area contributed by atoms with Crippen LogP contribution >= 0.6 is 0 Å². The van der Waals surface area contributed by atoms with Gasteiger partial charge in [0.15, 0.2) is 0 Å². The normalized spacial score (nSPS) is 40.3. The molecule has 0 saturated heterocycles. The Morgan fingerprint density at radius 2 is 1.79 bits per heavy atom. The minimum Gasteiger partial charge on any atom is -0.313 e. The molecule has 0 spiro atoms. The van der Waals surface area contributed by atoms with Gasteiger partial charge in [-0.25, -0.2) is 0 Å². The summed E-state index contributed by atoms with van der Waals surface area (Å²) in [7, 11) is 2.16. The summed E-state index contributed by atoms with van der Waals surface area (Å²) in [4.78, 5) is 0. The molecular weight excluding hydrogens is 230 g/mol. The molecule has 4 rings (SSSR count). The summed E-state index contributed by atoms with van der Waals surface area (Å²) in [6.45, 7) is 4.53. The molecule has 0 aromatic heterocycles. The first-order valence-electron chi connectivity index (χ1n) is 7.95. The van der Waals surface area contributed by atoms with Crippen molar-refractivity contribution in [2.75, 3.05) is 7.05 Å². The zero-order chi connectivity index (χ0) is 13.1. The number of benzene rings is 1. The van der Waals surface area contributed by atoms with Crippen molar-refractivity contribution in [1.82, 2.24) is 5.32 Å². The summed E-state index contributed by atoms with van der Waals surface area (Å²) in [5, 5.41) is 3.65. The van der Waals surface area contributed by atoms with Gasteiger partial charge in [-0.1, -0.05) is 18.2 Å². The third-order valence-corrected chi connectivity index (χ3v) is 6.47. The van der Waals surface area contributed by atoms with Crippen molar-refractivity contribution in [3.8, 4) is 0 Å². The summed E-state index contributed by atoms with van der Waals surface area (Å²) in [5.41, 5.74) is 4.49. The molecule has 5 unspecified atom stereocenters. The van der Waals surface area contributed by atoms with Crippen LogP contribution in [0.1, 0.15) is 42.0 Å². The quantitative estimate of drug-likeness (QED) is 0.865. The first-order valence-corrected chi connectivity index (χ1v) is 7.95. The lowest BCUT2D eigenvalue weighted by atomic mass is 9.89. The van der Waals surface area contributed by atoms with Crippen LogP contribution in [0.25, 0.3) is 0 Å². The van der Waals surface area contributed by atoms with Gasteiger partial charge in [0, 0.05) is 6.04 Å². The van der Waals surface area contributed by atoms with Gasteiger partial charge in [0.2, 0.25) is 0 Å². The van der Waals surface area contributed by atoms with Gasteiger partial charge in [-0.15, -0.1) is 0 Å². The molecule has 1 nitrogen and oxygen atoms in total. The molecule has 3 saturated carbocycles. The maximum Gasteiger partial charge on any atom is 0.0354 e. The summed E-state index contributed by atoms with van der Waals surface area (Å²) in [5.74, 6) is 5.17. The highest BCUT2D eigenvalue weighted by Crippen LogP contribution is 2.72. The lowest BCUT2D eigenvalue weighted by Gasteiger charge is -2.23. The Hall–Kier alpha value is -0.820. The number of fused-ring (bicyclic) bond motifs is 5. The first-order chi connectivity index (χ1) is 9.22. The van der Waals surface area contributed by atoms with Crippen molar-refractivity contribution < 1.29 is 0 Å². The highest BCUT2D eigenvalue weighted by Gasteiger charge is 2.66. The standard InChI is InChI=1S/C18H25N/c1-10-5-4-6-14(11(10)2)18(19-3)17-15-12-7-8-13(9-12)16(15)17/h4-6,12-13,15-19H,7-9H2,1-3H3. The second-order valence-corrected chi connectivity index (χ2v) is 7.12. The lowest BCUT2D eigenvalue weighted by molar-refractivity contribution is 0.384. The van der Waals surface area contributed by atoms with Crippen molar-refractivity contribution in [2.45, 2.75) is 39.2 Å². The predicted molar refractivity (Wildman–Crippen MR) is 79.0 cm³/mol. The number of hydrogen-bond donors (Lipinski definition) is 1. The Morgan fingerprint density at radius 3 is 2.42 bits per heavy atom. The summed E-state index contributed by atoms with van der Waals surface area (Å²) in [6, 6.07) is 7.41. The number of aryl methyl sites for hydroxylation is 1. The van der Waals surface area contributed by atoms with E-state index in [1.807, 2.05) is 0 Å². The molecule has 2 bridgehead atoms. The SMILES string of the molecule is CNC(c1cccc(C)c1C)C1C2C3CCC(C3)C21. The Morgan fingerprint density at radius 1 is 1.11 bits per heavy atom. The Bertz CT molecular complexity index is 490. The third-order valence-electron chi connectivity index (χ3n) is 6.47. The molecule has 5 atom stereocenters. The number of nitrogens with one attached hydrogen (secondary N) is 1. The molecule has 0 amide bonds. The van der Waals surface area contributed by atoms with Crippen molar-refractivity contribution >= 4 is 0 Å². The average molecular weight is 255 g/mol. The third kappa shape index (κ3) is 1.57. The van der Waals surface area contributed by atoms with E-state index < -0.39 is 0 Å². The van der Waals surface area contributed by atoms with Gasteiger partial charge in [0.05, 0.1) is 0 Å². The topological polar surface area (TPSA) is 12.0 Å². The van der Waals surface area contributed by atoms with E-state index in [1.54, 1.807) is 12.0 Å². The van der Waals surface area contributed by atoms with Crippen molar-refractivity contribution in [3.05, 3.63) is 34.9 Å². The average Bonchev–Trinajstić information content (AvgIpc) is 2.82. The zero-order valence-electron chi connectivity index (χ0n) is 12.3. The monoisotopic (exact) mass is 255 g/mol. The van der Waals surface area contributed by atoms with Gasteiger partial charge in [0.25, 0.3) is 0 Å². The maximum absolute atomic E-state index is 3.65. The van der Waals surface area contributed by atoms with E-state index in [4.69, 9.17) is 0 Å². The smallest absolute Gasteiger partial charge is 0.0354 e. The predicted octanol–water partition coefficient (Wildman–Crippen LogP) is 3.86. The molecule has 0 heterocycles. The van der Waals surface area contributed by atoms with Gasteiger partial charge in [0.1, 0.15) is 0 Å². The van der Waals surface area contributed by atoms with Crippen LogP contribution in [0, 0.1) is 43.4 Å². The van der Waals surface area contributed by atoms with Gasteiger partial charge in [-0.05, 0) is 86.4 Å². The Labute approximate surface area is 116 Å². The van der Waals surface area contributed by atoms with Crippen LogP contribution in [0.2, 0.25) is 0 Å². The van der Waals surface area contributed by atoms with Crippen LogP contribution in [0.15, 0.2) is 18.2 Å². The summed E-state index contributed by atoms with van der Waals surface area (Å²) >= 11 is 0. The van der Waals surface area contributed by atoms with E-state index in [0.717, 1.165) is 29.6 Å². The molecule has 0 radical (unpaired) electrons. The van der Waals surface area contributed by atoms with Gasteiger partial charge < -0.3 is 5.32 Å². The second kappa shape index (κ2) is 4.09. The molecule has 3 aliphatic carbocycles. The minimum absolute atomic E-state index is 0.596. The number of rotatable bonds is 3. The lowest BCUT2D eigenvalue weighted by Crippen LogP contribution is -2.23. The van der Waals surface area contributed by atoms with Gasteiger partial charge in [-0.3, -0.25) is 0 Å². The van der Waals surface area contributed by atoms with E-state index in [0.29, 0.717) is 6.04 Å². The van der Waals surface area contributed by atoms with E-state index >= 15 is 0 Å². The molecule has 1 N–H and O–H groups in total. The largest absolute Gasteiger partial charge is 0.313 e. The second-order valence-electron chi connectivity index (χ2n) is 7.12. The molecular formula is C18H25N. The molecule has 19 heavy (non-hydrogen) atoms.